The first-order valence-electron chi connectivity index (χ1n) is 6.92. The number of imide groups is 1. The Labute approximate surface area is 132 Å². The zero-order valence-electron chi connectivity index (χ0n) is 11.3. The summed E-state index contributed by atoms with van der Waals surface area (Å²) in [6.45, 7) is 1.93. The van der Waals surface area contributed by atoms with Gasteiger partial charge < -0.3 is 4.74 Å². The van der Waals surface area contributed by atoms with E-state index in [1.54, 1.807) is 18.2 Å². The van der Waals surface area contributed by atoms with Crippen LogP contribution in [-0.4, -0.2) is 23.5 Å². The van der Waals surface area contributed by atoms with Crippen LogP contribution in [0.2, 0.25) is 10.0 Å². The molecule has 2 bridgehead atoms. The molecule has 2 amide bonds. The van der Waals surface area contributed by atoms with Gasteiger partial charge in [-0.15, -0.1) is 0 Å². The summed E-state index contributed by atoms with van der Waals surface area (Å²) in [7, 11) is 0. The molecule has 4 unspecified atom stereocenters. The topological polar surface area (TPSA) is 46.6 Å². The Kier molecular flexibility index (Phi) is 2.72. The Hall–Kier alpha value is -1.10. The minimum absolute atomic E-state index is 0.142. The lowest BCUT2D eigenvalue weighted by Gasteiger charge is -2.26. The van der Waals surface area contributed by atoms with E-state index in [0.717, 1.165) is 12.8 Å². The Morgan fingerprint density at radius 1 is 1.19 bits per heavy atom. The number of anilines is 1. The van der Waals surface area contributed by atoms with Crippen molar-refractivity contribution in [2.75, 3.05) is 4.90 Å². The van der Waals surface area contributed by atoms with Crippen LogP contribution in [0.3, 0.4) is 0 Å². The highest BCUT2D eigenvalue weighted by atomic mass is 35.5. The first kappa shape index (κ1) is 13.6. The van der Waals surface area contributed by atoms with E-state index in [0.29, 0.717) is 15.7 Å². The van der Waals surface area contributed by atoms with Gasteiger partial charge in [0.25, 0.3) is 0 Å². The molecular weight excluding hydrogens is 313 g/mol. The average Bonchev–Trinajstić information content (AvgIpc) is 2.98. The van der Waals surface area contributed by atoms with Crippen molar-refractivity contribution in [3.05, 3.63) is 28.2 Å². The van der Waals surface area contributed by atoms with Crippen LogP contribution in [-0.2, 0) is 14.3 Å². The van der Waals surface area contributed by atoms with Crippen molar-refractivity contribution < 1.29 is 14.3 Å². The first-order valence-corrected chi connectivity index (χ1v) is 7.68. The Morgan fingerprint density at radius 2 is 1.86 bits per heavy atom. The third-order valence-corrected chi connectivity index (χ3v) is 5.30. The molecule has 1 aromatic rings. The van der Waals surface area contributed by atoms with Gasteiger partial charge in [0, 0.05) is 10.0 Å². The number of amides is 2. The minimum Gasteiger partial charge on any atom is -0.370 e. The molecule has 0 N–H and O–H groups in total. The summed E-state index contributed by atoms with van der Waals surface area (Å²) in [6, 6.07) is 4.76. The molecule has 4 nitrogen and oxygen atoms in total. The highest BCUT2D eigenvalue weighted by molar-refractivity contribution is 6.35. The van der Waals surface area contributed by atoms with E-state index in [4.69, 9.17) is 27.9 Å². The smallest absolute Gasteiger partial charge is 0.240 e. The van der Waals surface area contributed by atoms with E-state index >= 15 is 0 Å². The number of rotatable bonds is 1. The fraction of sp³-hybridized carbons (Fsp3) is 0.467. The molecule has 4 atom stereocenters. The lowest BCUT2D eigenvalue weighted by molar-refractivity contribution is -0.126. The highest BCUT2D eigenvalue weighted by Gasteiger charge is 2.67. The third-order valence-electron chi connectivity index (χ3n) is 4.86. The van der Waals surface area contributed by atoms with Gasteiger partial charge in [-0.2, -0.15) is 0 Å². The van der Waals surface area contributed by atoms with Crippen LogP contribution in [0.4, 0.5) is 5.69 Å². The summed E-state index contributed by atoms with van der Waals surface area (Å²) in [5, 5.41) is 0.807. The number of ether oxygens (including phenoxy) is 1. The molecule has 0 aliphatic carbocycles. The summed E-state index contributed by atoms with van der Waals surface area (Å²) >= 11 is 12.0. The van der Waals surface area contributed by atoms with Gasteiger partial charge in [0.2, 0.25) is 11.8 Å². The second-order valence-electron chi connectivity index (χ2n) is 6.15. The van der Waals surface area contributed by atoms with Gasteiger partial charge in [-0.25, -0.2) is 4.90 Å². The van der Waals surface area contributed by atoms with Gasteiger partial charge in [0.05, 0.1) is 29.2 Å². The van der Waals surface area contributed by atoms with Crippen molar-refractivity contribution in [1.82, 2.24) is 0 Å². The molecule has 21 heavy (non-hydrogen) atoms. The molecule has 3 aliphatic rings. The fourth-order valence-electron chi connectivity index (χ4n) is 4.00. The maximum atomic E-state index is 12.8. The minimum atomic E-state index is -0.515. The van der Waals surface area contributed by atoms with Crippen molar-refractivity contribution >= 4 is 40.7 Å². The zero-order valence-corrected chi connectivity index (χ0v) is 12.8. The summed E-state index contributed by atoms with van der Waals surface area (Å²) in [5.41, 5.74) is -0.0703. The Balaban J connectivity index is 1.79. The summed E-state index contributed by atoms with van der Waals surface area (Å²) < 4.78 is 5.88. The van der Waals surface area contributed by atoms with Crippen LogP contribution < -0.4 is 4.90 Å². The average molecular weight is 326 g/mol. The van der Waals surface area contributed by atoms with Gasteiger partial charge in [-0.05, 0) is 38.0 Å². The monoisotopic (exact) mass is 325 g/mol. The van der Waals surface area contributed by atoms with E-state index < -0.39 is 5.60 Å². The lowest BCUT2D eigenvalue weighted by Crippen LogP contribution is -2.39. The largest absolute Gasteiger partial charge is 0.370 e. The number of nitrogens with zero attached hydrogens (tertiary/aromatic N) is 1. The number of fused-ring (bicyclic) bond motifs is 5. The van der Waals surface area contributed by atoms with Gasteiger partial charge in [-0.3, -0.25) is 9.59 Å². The van der Waals surface area contributed by atoms with Gasteiger partial charge in [0.15, 0.2) is 0 Å². The van der Waals surface area contributed by atoms with Crippen LogP contribution in [0.1, 0.15) is 19.8 Å². The molecule has 0 saturated carbocycles. The van der Waals surface area contributed by atoms with E-state index in [1.807, 2.05) is 6.92 Å². The zero-order chi connectivity index (χ0) is 14.9. The molecule has 1 aromatic carbocycles. The third kappa shape index (κ3) is 1.73. The molecule has 6 heteroatoms. The standard InChI is InChI=1S/C15H13Cl2NO3/c1-15-3-2-10(21-15)11-12(15)14(20)18(13(11)19)9-5-7(16)4-8(17)6-9/h4-6,10-12H,2-3H2,1H3. The maximum Gasteiger partial charge on any atom is 0.240 e. The van der Waals surface area contributed by atoms with Crippen LogP contribution >= 0.6 is 23.2 Å². The molecule has 0 spiro atoms. The van der Waals surface area contributed by atoms with Crippen molar-refractivity contribution in [3.63, 3.8) is 0 Å². The molecule has 3 aliphatic heterocycles. The quantitative estimate of drug-likeness (QED) is 0.745. The van der Waals surface area contributed by atoms with Gasteiger partial charge in [0.1, 0.15) is 0 Å². The molecule has 3 heterocycles. The molecular formula is C15H13Cl2NO3. The van der Waals surface area contributed by atoms with Crippen LogP contribution in [0.5, 0.6) is 0 Å². The van der Waals surface area contributed by atoms with Crippen molar-refractivity contribution in [2.45, 2.75) is 31.5 Å². The molecule has 3 fully saturated rings. The molecule has 0 aromatic heterocycles. The number of benzene rings is 1. The summed E-state index contributed by atoms with van der Waals surface area (Å²) in [5.74, 6) is -1.15. The Morgan fingerprint density at radius 3 is 2.48 bits per heavy atom. The van der Waals surface area contributed by atoms with Crippen LogP contribution in [0.15, 0.2) is 18.2 Å². The predicted molar refractivity (Wildman–Crippen MR) is 78.4 cm³/mol. The molecule has 110 valence electrons. The second kappa shape index (κ2) is 4.22. The SMILES string of the molecule is CC12CCC(O1)C1C(=O)N(c3cc(Cl)cc(Cl)c3)C(=O)C12. The van der Waals surface area contributed by atoms with Crippen molar-refractivity contribution in [2.24, 2.45) is 11.8 Å². The summed E-state index contributed by atoms with van der Waals surface area (Å²) in [4.78, 5) is 26.7. The number of hydrogen-bond acceptors (Lipinski definition) is 3. The predicted octanol–water partition coefficient (Wildman–Crippen LogP) is 3.05. The van der Waals surface area contributed by atoms with Gasteiger partial charge >= 0.3 is 0 Å². The number of carbonyl (C=O) groups excluding carboxylic acids is 2. The normalized spacial score (nSPS) is 37.5. The van der Waals surface area contributed by atoms with E-state index in [2.05, 4.69) is 0 Å². The van der Waals surface area contributed by atoms with E-state index in [-0.39, 0.29) is 29.8 Å². The Bertz CT molecular complexity index is 657. The van der Waals surface area contributed by atoms with Crippen LogP contribution in [0.25, 0.3) is 0 Å². The van der Waals surface area contributed by atoms with Crippen LogP contribution in [0, 0.1) is 11.8 Å². The first-order chi connectivity index (χ1) is 9.90. The number of halogens is 2. The molecule has 3 saturated heterocycles. The van der Waals surface area contributed by atoms with Crippen molar-refractivity contribution in [1.29, 1.82) is 0 Å². The maximum absolute atomic E-state index is 12.8. The molecule has 4 rings (SSSR count). The number of carbonyl (C=O) groups is 2. The summed E-state index contributed by atoms with van der Waals surface area (Å²) in [6.07, 6.45) is 1.51. The highest BCUT2D eigenvalue weighted by Crippen LogP contribution is 2.55. The lowest BCUT2D eigenvalue weighted by atomic mass is 9.74. The van der Waals surface area contributed by atoms with E-state index in [9.17, 15) is 9.59 Å². The van der Waals surface area contributed by atoms with E-state index in [1.165, 1.54) is 4.90 Å². The van der Waals surface area contributed by atoms with Crippen molar-refractivity contribution in [3.8, 4) is 0 Å². The second-order valence-corrected chi connectivity index (χ2v) is 7.02. The molecule has 0 radical (unpaired) electrons. The number of hydrogen-bond donors (Lipinski definition) is 0. The van der Waals surface area contributed by atoms with Gasteiger partial charge in [-0.1, -0.05) is 23.2 Å². The fourth-order valence-corrected chi connectivity index (χ4v) is 4.52.